The molecule has 2 atom stereocenters. The molecule has 0 amide bonds. The number of nitrogens with zero attached hydrogens (tertiary/aromatic N) is 2. The number of carbonyl (C=O) groups is 1. The van der Waals surface area contributed by atoms with Crippen molar-refractivity contribution in [1.29, 1.82) is 0 Å². The van der Waals surface area contributed by atoms with Gasteiger partial charge >= 0.3 is 5.97 Å². The summed E-state index contributed by atoms with van der Waals surface area (Å²) in [7, 11) is 1.33. The van der Waals surface area contributed by atoms with Gasteiger partial charge in [-0.3, -0.25) is 9.36 Å². The van der Waals surface area contributed by atoms with Gasteiger partial charge < -0.3 is 9.47 Å². The van der Waals surface area contributed by atoms with Crippen LogP contribution in [0.4, 0.5) is 0 Å². The lowest BCUT2D eigenvalue weighted by molar-refractivity contribution is -0.136. The Kier molecular flexibility index (Phi) is 8.03. The van der Waals surface area contributed by atoms with Crippen LogP contribution in [0.1, 0.15) is 50.8 Å². The van der Waals surface area contributed by atoms with Crippen LogP contribution in [0.5, 0.6) is 5.75 Å². The van der Waals surface area contributed by atoms with Crippen LogP contribution < -0.4 is 19.6 Å². The summed E-state index contributed by atoms with van der Waals surface area (Å²) in [6.45, 7) is 5.88. The number of esters is 1. The van der Waals surface area contributed by atoms with E-state index in [0.29, 0.717) is 48.4 Å². The summed E-state index contributed by atoms with van der Waals surface area (Å²) in [5.74, 6) is -0.0463. The molecule has 1 aliphatic heterocycles. The largest absolute Gasteiger partial charge is 0.489 e. The summed E-state index contributed by atoms with van der Waals surface area (Å²) >= 11 is 14.0. The van der Waals surface area contributed by atoms with E-state index in [1.807, 2.05) is 51.1 Å². The molecule has 0 saturated carbocycles. The first-order chi connectivity index (χ1) is 17.3. The summed E-state index contributed by atoms with van der Waals surface area (Å²) in [5.41, 5.74) is 2.05. The smallest absolute Gasteiger partial charge is 0.338 e. The summed E-state index contributed by atoms with van der Waals surface area (Å²) in [5, 5.41) is 0.796. The average Bonchev–Trinajstić information content (AvgIpc) is 3.19. The molecular weight excluding hydrogens is 519 g/mol. The Bertz CT molecular complexity index is 1510. The molecule has 1 aromatic heterocycles. The lowest BCUT2D eigenvalue weighted by Gasteiger charge is -2.25. The molecular formula is C27H26Cl2N2O4S. The van der Waals surface area contributed by atoms with Gasteiger partial charge in [0.05, 0.1) is 40.1 Å². The number of aromatic nitrogens is 1. The van der Waals surface area contributed by atoms with Crippen molar-refractivity contribution < 1.29 is 14.3 Å². The predicted molar refractivity (Wildman–Crippen MR) is 144 cm³/mol. The Balaban J connectivity index is 1.99. The van der Waals surface area contributed by atoms with Gasteiger partial charge in [0, 0.05) is 10.6 Å². The van der Waals surface area contributed by atoms with E-state index in [2.05, 4.69) is 4.99 Å². The second-order valence-corrected chi connectivity index (χ2v) is 10.2. The first kappa shape index (κ1) is 26.2. The van der Waals surface area contributed by atoms with E-state index >= 15 is 0 Å². The monoisotopic (exact) mass is 544 g/mol. The molecule has 3 aromatic rings. The van der Waals surface area contributed by atoms with Gasteiger partial charge in [0.25, 0.3) is 5.56 Å². The van der Waals surface area contributed by atoms with Gasteiger partial charge in [-0.15, -0.1) is 0 Å². The quantitative estimate of drug-likeness (QED) is 0.379. The first-order valence-electron chi connectivity index (χ1n) is 11.6. The Morgan fingerprint density at radius 3 is 2.58 bits per heavy atom. The van der Waals surface area contributed by atoms with Gasteiger partial charge in [0.1, 0.15) is 5.75 Å². The Hall–Kier alpha value is -2.87. The number of hydrogen-bond donors (Lipinski definition) is 0. The summed E-state index contributed by atoms with van der Waals surface area (Å²) in [6.07, 6.45) is 2.93. The van der Waals surface area contributed by atoms with E-state index in [1.165, 1.54) is 18.4 Å². The van der Waals surface area contributed by atoms with Gasteiger partial charge in [0.2, 0.25) is 0 Å². The van der Waals surface area contributed by atoms with Crippen LogP contribution in [0, 0.1) is 0 Å². The third-order valence-electron chi connectivity index (χ3n) is 5.98. The maximum absolute atomic E-state index is 13.8. The van der Waals surface area contributed by atoms with E-state index in [4.69, 9.17) is 32.7 Å². The van der Waals surface area contributed by atoms with Crippen molar-refractivity contribution in [3.05, 3.63) is 94.6 Å². The molecule has 4 rings (SSSR count). The molecule has 9 heteroatoms. The molecule has 0 bridgehead atoms. The minimum Gasteiger partial charge on any atom is -0.489 e. The minimum absolute atomic E-state index is 0.0788. The van der Waals surface area contributed by atoms with Crippen LogP contribution in [0.2, 0.25) is 10.0 Å². The molecule has 0 fully saturated rings. The molecule has 1 aliphatic rings. The van der Waals surface area contributed by atoms with Crippen molar-refractivity contribution >= 4 is 46.6 Å². The number of thiazole rings is 1. The number of hydrogen-bond acceptors (Lipinski definition) is 6. The van der Waals surface area contributed by atoms with Crippen molar-refractivity contribution in [3.63, 3.8) is 0 Å². The predicted octanol–water partition coefficient (Wildman–Crippen LogP) is 5.28. The van der Waals surface area contributed by atoms with Gasteiger partial charge in [-0.1, -0.05) is 78.7 Å². The van der Waals surface area contributed by atoms with Crippen LogP contribution in [0.15, 0.2) is 63.5 Å². The standard InChI is InChI=1S/C27H26Cl2N2O4S/c1-5-15(3)35-24-17(12-18(28)14-19(24)29)13-21-25(32)31-23(16-10-8-7-9-11-16)22(26(33)34-4)20(6-2)30-27(31)36-21/h7-15,23H,5-6H2,1-4H3/b21-13+/t15-,23+/m0/s1. The van der Waals surface area contributed by atoms with Crippen LogP contribution in [0.25, 0.3) is 6.08 Å². The fraction of sp³-hybridized carbons (Fsp3) is 0.296. The minimum atomic E-state index is -0.661. The van der Waals surface area contributed by atoms with Crippen molar-refractivity contribution in [2.45, 2.75) is 45.8 Å². The van der Waals surface area contributed by atoms with Gasteiger partial charge in [0.15, 0.2) is 4.80 Å². The van der Waals surface area contributed by atoms with Crippen molar-refractivity contribution in [2.24, 2.45) is 4.99 Å². The zero-order valence-electron chi connectivity index (χ0n) is 20.4. The number of carbonyl (C=O) groups excluding carboxylic acids is 1. The van der Waals surface area contributed by atoms with E-state index in [-0.39, 0.29) is 11.7 Å². The Labute approximate surface area is 223 Å². The second-order valence-electron chi connectivity index (χ2n) is 8.34. The lowest BCUT2D eigenvalue weighted by Crippen LogP contribution is -2.40. The highest BCUT2D eigenvalue weighted by atomic mass is 35.5. The van der Waals surface area contributed by atoms with Crippen LogP contribution >= 0.6 is 34.5 Å². The zero-order chi connectivity index (χ0) is 26.0. The molecule has 0 spiro atoms. The molecule has 0 aliphatic carbocycles. The maximum Gasteiger partial charge on any atom is 0.338 e. The zero-order valence-corrected chi connectivity index (χ0v) is 22.7. The second kappa shape index (κ2) is 11.0. The summed E-state index contributed by atoms with van der Waals surface area (Å²) < 4.78 is 13.1. The molecule has 36 heavy (non-hydrogen) atoms. The Morgan fingerprint density at radius 1 is 1.22 bits per heavy atom. The number of rotatable bonds is 7. The summed E-state index contributed by atoms with van der Waals surface area (Å²) in [6, 6.07) is 12.1. The van der Waals surface area contributed by atoms with Gasteiger partial charge in [-0.05, 0) is 43.5 Å². The number of methoxy groups -OCH3 is 1. The van der Waals surface area contributed by atoms with Crippen molar-refractivity contribution in [1.82, 2.24) is 4.57 Å². The normalized spacial score (nSPS) is 16.4. The number of halogens is 2. The van der Waals surface area contributed by atoms with E-state index in [0.717, 1.165) is 12.0 Å². The van der Waals surface area contributed by atoms with Crippen molar-refractivity contribution in [3.8, 4) is 5.75 Å². The van der Waals surface area contributed by atoms with Crippen LogP contribution in [0.3, 0.4) is 0 Å². The third-order valence-corrected chi connectivity index (χ3v) is 7.47. The molecule has 0 N–H and O–H groups in total. The number of ether oxygens (including phenoxy) is 2. The molecule has 0 unspecified atom stereocenters. The third kappa shape index (κ3) is 5.01. The number of fused-ring (bicyclic) bond motifs is 1. The molecule has 6 nitrogen and oxygen atoms in total. The fourth-order valence-corrected chi connectivity index (χ4v) is 5.62. The molecule has 2 heterocycles. The van der Waals surface area contributed by atoms with Crippen LogP contribution in [-0.2, 0) is 9.53 Å². The SMILES string of the molecule is CCC1=C(C(=O)OC)[C@@H](c2ccccc2)n2c(s/c(=C/c3cc(Cl)cc(Cl)c3O[C@@H](C)CC)c2=O)=N1. The maximum atomic E-state index is 13.8. The van der Waals surface area contributed by atoms with E-state index in [9.17, 15) is 9.59 Å². The van der Waals surface area contributed by atoms with Gasteiger partial charge in [-0.25, -0.2) is 9.79 Å². The highest BCUT2D eigenvalue weighted by Crippen LogP contribution is 2.34. The molecule has 188 valence electrons. The van der Waals surface area contributed by atoms with Crippen LogP contribution in [-0.4, -0.2) is 23.8 Å². The highest BCUT2D eigenvalue weighted by Gasteiger charge is 2.33. The first-order valence-corrected chi connectivity index (χ1v) is 13.2. The number of allylic oxidation sites excluding steroid dienone is 1. The fourth-order valence-electron chi connectivity index (χ4n) is 4.05. The van der Waals surface area contributed by atoms with Crippen molar-refractivity contribution in [2.75, 3.05) is 7.11 Å². The molecule has 2 aromatic carbocycles. The topological polar surface area (TPSA) is 69.9 Å². The average molecular weight is 545 g/mol. The number of benzene rings is 2. The van der Waals surface area contributed by atoms with E-state index < -0.39 is 12.0 Å². The highest BCUT2D eigenvalue weighted by molar-refractivity contribution is 7.07. The molecule has 0 radical (unpaired) electrons. The van der Waals surface area contributed by atoms with Gasteiger partial charge in [-0.2, -0.15) is 0 Å². The summed E-state index contributed by atoms with van der Waals surface area (Å²) in [4.78, 5) is 31.9. The lowest BCUT2D eigenvalue weighted by atomic mass is 9.95. The molecule has 0 saturated heterocycles. The van der Waals surface area contributed by atoms with E-state index in [1.54, 1.807) is 22.8 Å². The Morgan fingerprint density at radius 2 is 1.94 bits per heavy atom.